The highest BCUT2D eigenvalue weighted by Gasteiger charge is 2.21. The normalized spacial score (nSPS) is 11.9. The predicted octanol–water partition coefficient (Wildman–Crippen LogP) is 1.57. The number of hydrogen-bond donors (Lipinski definition) is 0. The summed E-state index contributed by atoms with van der Waals surface area (Å²) in [7, 11) is 2.94. The SMILES string of the molecule is COCCN(CC(C)C(=O)OC)C(=O)Cc1cccs1. The highest BCUT2D eigenvalue weighted by atomic mass is 32.1. The lowest BCUT2D eigenvalue weighted by Gasteiger charge is -2.24. The zero-order valence-corrected chi connectivity index (χ0v) is 12.9. The van der Waals surface area contributed by atoms with Crippen molar-refractivity contribution in [3.05, 3.63) is 22.4 Å². The van der Waals surface area contributed by atoms with Crippen LogP contribution in [0, 0.1) is 5.92 Å². The molecule has 0 aromatic carbocycles. The second-order valence-corrected chi connectivity index (χ2v) is 5.55. The molecule has 1 amide bonds. The molecule has 5 nitrogen and oxygen atoms in total. The molecule has 0 aliphatic heterocycles. The van der Waals surface area contributed by atoms with Crippen molar-refractivity contribution in [2.24, 2.45) is 5.92 Å². The van der Waals surface area contributed by atoms with Crippen molar-refractivity contribution >= 4 is 23.2 Å². The van der Waals surface area contributed by atoms with Gasteiger partial charge in [-0.1, -0.05) is 13.0 Å². The molecule has 0 radical (unpaired) electrons. The molecule has 1 aromatic rings. The first kappa shape index (κ1) is 16.7. The second-order valence-electron chi connectivity index (χ2n) is 4.51. The summed E-state index contributed by atoms with van der Waals surface area (Å²) in [5, 5.41) is 1.94. The fraction of sp³-hybridized carbons (Fsp3) is 0.571. The lowest BCUT2D eigenvalue weighted by molar-refractivity contribution is -0.146. The van der Waals surface area contributed by atoms with Crippen LogP contribution in [-0.2, 0) is 25.5 Å². The van der Waals surface area contributed by atoms with Crippen molar-refractivity contribution in [1.29, 1.82) is 0 Å². The van der Waals surface area contributed by atoms with Crippen molar-refractivity contribution in [3.63, 3.8) is 0 Å². The van der Waals surface area contributed by atoms with Crippen molar-refractivity contribution < 1.29 is 19.1 Å². The van der Waals surface area contributed by atoms with Gasteiger partial charge < -0.3 is 14.4 Å². The number of nitrogens with zero attached hydrogens (tertiary/aromatic N) is 1. The molecular formula is C14H21NO4S. The van der Waals surface area contributed by atoms with Crippen LogP contribution in [0.15, 0.2) is 17.5 Å². The first-order chi connectivity index (χ1) is 9.58. The van der Waals surface area contributed by atoms with Crippen molar-refractivity contribution in [3.8, 4) is 0 Å². The molecule has 0 aliphatic rings. The van der Waals surface area contributed by atoms with Gasteiger partial charge in [0.15, 0.2) is 0 Å². The number of ether oxygens (including phenoxy) is 2. The van der Waals surface area contributed by atoms with E-state index in [1.807, 2.05) is 17.5 Å². The Labute approximate surface area is 123 Å². The molecule has 1 atom stereocenters. The van der Waals surface area contributed by atoms with Gasteiger partial charge in [0.1, 0.15) is 0 Å². The molecule has 6 heteroatoms. The summed E-state index contributed by atoms with van der Waals surface area (Å²) in [4.78, 5) is 26.4. The quantitative estimate of drug-likeness (QED) is 0.684. The molecule has 1 heterocycles. The van der Waals surface area contributed by atoms with Crippen LogP contribution in [0.25, 0.3) is 0 Å². The first-order valence-corrected chi connectivity index (χ1v) is 7.33. The Hall–Kier alpha value is -1.40. The Balaban J connectivity index is 2.62. The molecular weight excluding hydrogens is 278 g/mol. The van der Waals surface area contributed by atoms with E-state index in [9.17, 15) is 9.59 Å². The fourth-order valence-corrected chi connectivity index (χ4v) is 2.50. The average molecular weight is 299 g/mol. The Morgan fingerprint density at radius 1 is 1.40 bits per heavy atom. The standard InChI is InChI=1S/C14H21NO4S/c1-11(14(17)19-3)10-15(6-7-18-2)13(16)9-12-5-4-8-20-12/h4-5,8,11H,6-7,9-10H2,1-3H3. The van der Waals surface area contributed by atoms with Gasteiger partial charge >= 0.3 is 5.97 Å². The lowest BCUT2D eigenvalue weighted by Crippen LogP contribution is -2.40. The number of thiophene rings is 1. The molecule has 0 bridgehead atoms. The van der Waals surface area contributed by atoms with Gasteiger partial charge in [0.2, 0.25) is 5.91 Å². The van der Waals surface area contributed by atoms with E-state index >= 15 is 0 Å². The van der Waals surface area contributed by atoms with Crippen LogP contribution in [0.2, 0.25) is 0 Å². The van der Waals surface area contributed by atoms with Crippen LogP contribution >= 0.6 is 11.3 Å². The zero-order valence-electron chi connectivity index (χ0n) is 12.1. The maximum absolute atomic E-state index is 12.3. The Kier molecular flexibility index (Phi) is 7.25. The summed E-state index contributed by atoms with van der Waals surface area (Å²) < 4.78 is 9.72. The maximum atomic E-state index is 12.3. The van der Waals surface area contributed by atoms with E-state index in [1.54, 1.807) is 30.3 Å². The van der Waals surface area contributed by atoms with Gasteiger partial charge in [-0.15, -0.1) is 11.3 Å². The lowest BCUT2D eigenvalue weighted by atomic mass is 10.1. The molecule has 20 heavy (non-hydrogen) atoms. The average Bonchev–Trinajstić information content (AvgIpc) is 2.94. The summed E-state index contributed by atoms with van der Waals surface area (Å²) in [6.07, 6.45) is 0.356. The smallest absolute Gasteiger partial charge is 0.310 e. The highest BCUT2D eigenvalue weighted by Crippen LogP contribution is 2.12. The van der Waals surface area contributed by atoms with Gasteiger partial charge in [0.05, 0.1) is 26.1 Å². The molecule has 1 unspecified atom stereocenters. The first-order valence-electron chi connectivity index (χ1n) is 6.45. The second kappa shape index (κ2) is 8.71. The molecule has 0 N–H and O–H groups in total. The Bertz CT molecular complexity index is 419. The number of methoxy groups -OCH3 is 2. The number of amides is 1. The third-order valence-corrected chi connectivity index (χ3v) is 3.80. The van der Waals surface area contributed by atoms with Crippen LogP contribution in [0.5, 0.6) is 0 Å². The van der Waals surface area contributed by atoms with E-state index < -0.39 is 0 Å². The van der Waals surface area contributed by atoms with E-state index in [1.165, 1.54) is 7.11 Å². The molecule has 0 saturated heterocycles. The van der Waals surface area contributed by atoms with E-state index in [2.05, 4.69) is 0 Å². The summed E-state index contributed by atoms with van der Waals surface area (Å²) in [5.74, 6) is -0.652. The Morgan fingerprint density at radius 3 is 2.70 bits per heavy atom. The van der Waals surface area contributed by atoms with Crippen LogP contribution in [0.1, 0.15) is 11.8 Å². The summed E-state index contributed by atoms with van der Waals surface area (Å²) in [6.45, 7) is 3.02. The number of hydrogen-bond acceptors (Lipinski definition) is 5. The minimum atomic E-state index is -0.343. The fourth-order valence-electron chi connectivity index (χ4n) is 1.80. The predicted molar refractivity (Wildman–Crippen MR) is 77.7 cm³/mol. The summed E-state index contributed by atoms with van der Waals surface area (Å²) in [5.41, 5.74) is 0. The zero-order chi connectivity index (χ0) is 15.0. The maximum Gasteiger partial charge on any atom is 0.310 e. The number of esters is 1. The molecule has 0 fully saturated rings. The molecule has 112 valence electrons. The van der Waals surface area contributed by atoms with Crippen molar-refractivity contribution in [2.45, 2.75) is 13.3 Å². The van der Waals surface area contributed by atoms with Crippen LogP contribution < -0.4 is 0 Å². The van der Waals surface area contributed by atoms with Gasteiger partial charge in [-0.3, -0.25) is 9.59 Å². The Morgan fingerprint density at radius 2 is 2.15 bits per heavy atom. The topological polar surface area (TPSA) is 55.8 Å². The van der Waals surface area contributed by atoms with Crippen molar-refractivity contribution in [2.75, 3.05) is 33.9 Å². The number of rotatable bonds is 8. The van der Waals surface area contributed by atoms with Crippen LogP contribution in [-0.4, -0.2) is 50.7 Å². The third-order valence-electron chi connectivity index (χ3n) is 2.92. The van der Waals surface area contributed by atoms with E-state index in [4.69, 9.17) is 9.47 Å². The van der Waals surface area contributed by atoms with Gasteiger partial charge in [-0.2, -0.15) is 0 Å². The molecule has 0 aliphatic carbocycles. The van der Waals surface area contributed by atoms with Gasteiger partial charge in [0, 0.05) is 25.1 Å². The summed E-state index contributed by atoms with van der Waals surface area (Å²) >= 11 is 1.55. The summed E-state index contributed by atoms with van der Waals surface area (Å²) in [6, 6.07) is 3.85. The van der Waals surface area contributed by atoms with E-state index in [-0.39, 0.29) is 17.8 Å². The minimum absolute atomic E-state index is 0.000234. The van der Waals surface area contributed by atoms with Crippen LogP contribution in [0.4, 0.5) is 0 Å². The number of carbonyl (C=O) groups excluding carboxylic acids is 2. The molecule has 0 spiro atoms. The van der Waals surface area contributed by atoms with E-state index in [0.29, 0.717) is 26.1 Å². The van der Waals surface area contributed by atoms with Crippen LogP contribution in [0.3, 0.4) is 0 Å². The highest BCUT2D eigenvalue weighted by molar-refractivity contribution is 7.10. The van der Waals surface area contributed by atoms with E-state index in [0.717, 1.165) is 4.88 Å². The number of carbonyl (C=O) groups is 2. The third kappa shape index (κ3) is 5.30. The van der Waals surface area contributed by atoms with Gasteiger partial charge in [-0.25, -0.2) is 0 Å². The van der Waals surface area contributed by atoms with Gasteiger partial charge in [-0.05, 0) is 11.4 Å². The molecule has 1 aromatic heterocycles. The van der Waals surface area contributed by atoms with Crippen molar-refractivity contribution in [1.82, 2.24) is 4.90 Å². The molecule has 1 rings (SSSR count). The largest absolute Gasteiger partial charge is 0.469 e. The minimum Gasteiger partial charge on any atom is -0.469 e. The molecule has 0 saturated carbocycles. The van der Waals surface area contributed by atoms with Gasteiger partial charge in [0.25, 0.3) is 0 Å². The monoisotopic (exact) mass is 299 g/mol.